The first-order chi connectivity index (χ1) is 5.83. The van der Waals surface area contributed by atoms with Gasteiger partial charge < -0.3 is 10.6 Å². The summed E-state index contributed by atoms with van der Waals surface area (Å²) in [6, 6.07) is 0.640. The molecule has 2 N–H and O–H groups in total. The molecule has 0 aromatic heterocycles. The average molecular weight is 205 g/mol. The van der Waals surface area contributed by atoms with Crippen LogP contribution in [0.5, 0.6) is 0 Å². The molecule has 0 bridgehead atoms. The van der Waals surface area contributed by atoms with E-state index in [1.165, 1.54) is 12.8 Å². The zero-order valence-corrected chi connectivity index (χ0v) is 8.69. The molecule has 3 unspecified atom stereocenters. The molecule has 1 saturated heterocycles. The highest BCUT2D eigenvalue weighted by Gasteiger charge is 2.42. The van der Waals surface area contributed by atoms with Crippen LogP contribution in [-0.2, 0) is 4.79 Å². The van der Waals surface area contributed by atoms with Gasteiger partial charge in [0, 0.05) is 19.0 Å². The number of fused-ring (bicyclic) bond motifs is 1. The van der Waals surface area contributed by atoms with Crippen molar-refractivity contribution in [2.24, 2.45) is 11.8 Å². The van der Waals surface area contributed by atoms with Gasteiger partial charge in [0.05, 0.1) is 0 Å². The van der Waals surface area contributed by atoms with Gasteiger partial charge in [-0.2, -0.15) is 0 Å². The van der Waals surface area contributed by atoms with E-state index < -0.39 is 0 Å². The van der Waals surface area contributed by atoms with Crippen LogP contribution in [-0.4, -0.2) is 25.5 Å². The summed E-state index contributed by atoms with van der Waals surface area (Å²) < 4.78 is 0. The lowest BCUT2D eigenvalue weighted by Gasteiger charge is -2.45. The molecule has 1 saturated carbocycles. The Morgan fingerprint density at radius 2 is 2.15 bits per heavy atom. The van der Waals surface area contributed by atoms with E-state index in [1.807, 2.05) is 0 Å². The number of halogens is 1. The first kappa shape index (κ1) is 10.8. The van der Waals surface area contributed by atoms with Gasteiger partial charge >= 0.3 is 0 Å². The topological polar surface area (TPSA) is 41.1 Å². The summed E-state index contributed by atoms with van der Waals surface area (Å²) in [5.41, 5.74) is 0. The van der Waals surface area contributed by atoms with Crippen LogP contribution in [0.4, 0.5) is 0 Å². The quantitative estimate of drug-likeness (QED) is 0.655. The van der Waals surface area contributed by atoms with Crippen LogP contribution in [0.2, 0.25) is 0 Å². The van der Waals surface area contributed by atoms with Gasteiger partial charge in [0.15, 0.2) is 0 Å². The summed E-state index contributed by atoms with van der Waals surface area (Å²) in [5, 5.41) is 6.20. The number of nitrogens with one attached hydrogen (secondary N) is 2. The van der Waals surface area contributed by atoms with Crippen molar-refractivity contribution in [1.29, 1.82) is 0 Å². The van der Waals surface area contributed by atoms with Crippen LogP contribution in [0.25, 0.3) is 0 Å². The number of carbonyl (C=O) groups is 1. The molecular weight excluding hydrogens is 188 g/mol. The predicted molar refractivity (Wildman–Crippen MR) is 53.9 cm³/mol. The molecule has 3 atom stereocenters. The number of amides is 1. The molecule has 76 valence electrons. The van der Waals surface area contributed by atoms with Gasteiger partial charge in [-0.25, -0.2) is 0 Å². The van der Waals surface area contributed by atoms with E-state index in [1.54, 1.807) is 7.05 Å². The minimum absolute atomic E-state index is 0. The summed E-state index contributed by atoms with van der Waals surface area (Å²) >= 11 is 0. The molecule has 2 rings (SSSR count). The summed E-state index contributed by atoms with van der Waals surface area (Å²) in [7, 11) is 1.73. The lowest BCUT2D eigenvalue weighted by Crippen LogP contribution is -2.55. The largest absolute Gasteiger partial charge is 0.359 e. The zero-order valence-electron chi connectivity index (χ0n) is 7.88. The maximum atomic E-state index is 11.4. The molecule has 13 heavy (non-hydrogen) atoms. The molecular formula is C9H17ClN2O. The third kappa shape index (κ3) is 1.81. The second kappa shape index (κ2) is 4.29. The van der Waals surface area contributed by atoms with Crippen LogP contribution in [0.1, 0.15) is 19.3 Å². The Hall–Kier alpha value is -0.280. The van der Waals surface area contributed by atoms with Crippen LogP contribution in [0.3, 0.4) is 0 Å². The number of piperidine rings is 1. The molecule has 1 aliphatic carbocycles. The van der Waals surface area contributed by atoms with E-state index in [0.29, 0.717) is 12.0 Å². The summed E-state index contributed by atoms with van der Waals surface area (Å²) in [6.07, 6.45) is 3.51. The molecule has 0 aromatic carbocycles. The zero-order chi connectivity index (χ0) is 8.55. The second-order valence-electron chi connectivity index (χ2n) is 3.81. The highest BCUT2D eigenvalue weighted by atomic mass is 35.5. The van der Waals surface area contributed by atoms with E-state index in [0.717, 1.165) is 13.0 Å². The molecule has 1 amide bonds. The fraction of sp³-hybridized carbons (Fsp3) is 0.889. The molecule has 2 fully saturated rings. The summed E-state index contributed by atoms with van der Waals surface area (Å²) in [6.45, 7) is 1.01. The van der Waals surface area contributed by atoms with Gasteiger partial charge in [-0.1, -0.05) is 0 Å². The number of rotatable bonds is 1. The molecule has 0 spiro atoms. The maximum Gasteiger partial charge on any atom is 0.223 e. The summed E-state index contributed by atoms with van der Waals surface area (Å²) in [4.78, 5) is 11.4. The van der Waals surface area contributed by atoms with Crippen molar-refractivity contribution in [2.45, 2.75) is 25.3 Å². The lowest BCUT2D eigenvalue weighted by atomic mass is 9.68. The van der Waals surface area contributed by atoms with Gasteiger partial charge in [0.25, 0.3) is 0 Å². The minimum Gasteiger partial charge on any atom is -0.359 e. The van der Waals surface area contributed by atoms with Crippen LogP contribution in [0.15, 0.2) is 0 Å². The number of carbonyl (C=O) groups excluding carboxylic acids is 1. The Labute approximate surface area is 85.1 Å². The van der Waals surface area contributed by atoms with Crippen molar-refractivity contribution in [3.63, 3.8) is 0 Å². The van der Waals surface area contributed by atoms with Crippen molar-refractivity contribution >= 4 is 18.3 Å². The maximum absolute atomic E-state index is 11.4. The van der Waals surface area contributed by atoms with Crippen molar-refractivity contribution in [3.8, 4) is 0 Å². The van der Waals surface area contributed by atoms with Gasteiger partial charge in [-0.15, -0.1) is 12.4 Å². The molecule has 0 aromatic rings. The third-order valence-electron chi connectivity index (χ3n) is 3.29. The van der Waals surface area contributed by atoms with Gasteiger partial charge in [-0.3, -0.25) is 4.79 Å². The first-order valence-corrected chi connectivity index (χ1v) is 4.78. The van der Waals surface area contributed by atoms with E-state index in [4.69, 9.17) is 0 Å². The van der Waals surface area contributed by atoms with Crippen LogP contribution < -0.4 is 10.6 Å². The Morgan fingerprint density at radius 1 is 1.38 bits per heavy atom. The van der Waals surface area contributed by atoms with E-state index in [9.17, 15) is 4.79 Å². The van der Waals surface area contributed by atoms with Crippen molar-refractivity contribution in [2.75, 3.05) is 13.6 Å². The Morgan fingerprint density at radius 3 is 2.69 bits per heavy atom. The van der Waals surface area contributed by atoms with E-state index in [2.05, 4.69) is 10.6 Å². The van der Waals surface area contributed by atoms with E-state index in [-0.39, 0.29) is 24.2 Å². The fourth-order valence-corrected chi connectivity index (χ4v) is 2.41. The standard InChI is InChI=1S/C9H16N2O.ClH/c1-10-9(12)7-4-5-11-8-3-2-6(7)8;/h6-8,11H,2-5H2,1H3,(H,10,12);1H. The van der Waals surface area contributed by atoms with Crippen LogP contribution in [0, 0.1) is 11.8 Å². The smallest absolute Gasteiger partial charge is 0.223 e. The Bertz CT molecular complexity index is 198. The monoisotopic (exact) mass is 204 g/mol. The molecule has 2 aliphatic rings. The summed E-state index contributed by atoms with van der Waals surface area (Å²) in [5.74, 6) is 1.15. The molecule has 4 heteroatoms. The van der Waals surface area contributed by atoms with Gasteiger partial charge in [-0.05, 0) is 31.7 Å². The second-order valence-corrected chi connectivity index (χ2v) is 3.81. The Balaban J connectivity index is 0.000000845. The lowest BCUT2D eigenvalue weighted by molar-refractivity contribution is -0.129. The van der Waals surface area contributed by atoms with Crippen LogP contribution >= 0.6 is 12.4 Å². The Kier molecular flexibility index (Phi) is 3.56. The molecule has 0 radical (unpaired) electrons. The number of hydrogen-bond donors (Lipinski definition) is 2. The highest BCUT2D eigenvalue weighted by Crippen LogP contribution is 2.38. The molecule has 1 heterocycles. The molecule has 3 nitrogen and oxygen atoms in total. The SMILES string of the molecule is CNC(=O)C1CCNC2CCC21.Cl. The minimum atomic E-state index is 0. The first-order valence-electron chi connectivity index (χ1n) is 4.78. The van der Waals surface area contributed by atoms with Gasteiger partial charge in [0.1, 0.15) is 0 Å². The predicted octanol–water partition coefficient (Wildman–Crippen LogP) is 0.542. The number of hydrogen-bond acceptors (Lipinski definition) is 2. The third-order valence-corrected chi connectivity index (χ3v) is 3.29. The van der Waals surface area contributed by atoms with Crippen molar-refractivity contribution < 1.29 is 4.79 Å². The van der Waals surface area contributed by atoms with E-state index >= 15 is 0 Å². The van der Waals surface area contributed by atoms with Crippen molar-refractivity contribution in [3.05, 3.63) is 0 Å². The van der Waals surface area contributed by atoms with Gasteiger partial charge in [0.2, 0.25) is 5.91 Å². The molecule has 1 aliphatic heterocycles. The fourth-order valence-electron chi connectivity index (χ4n) is 2.41. The van der Waals surface area contributed by atoms with Crippen molar-refractivity contribution in [1.82, 2.24) is 10.6 Å². The highest BCUT2D eigenvalue weighted by molar-refractivity contribution is 5.85. The average Bonchev–Trinajstić information content (AvgIpc) is 2.05. The normalized spacial score (nSPS) is 36.5.